The second kappa shape index (κ2) is 7.65. The van der Waals surface area contributed by atoms with Crippen LogP contribution in [0.15, 0.2) is 0 Å². The number of hydrogen-bond donors (Lipinski definition) is 1. The first-order chi connectivity index (χ1) is 8.40. The average molecular weight is 257 g/mol. The highest BCUT2D eigenvalue weighted by Crippen LogP contribution is 2.34. The van der Waals surface area contributed by atoms with Crippen LogP contribution in [0.4, 0.5) is 0 Å². The molecule has 0 bridgehead atoms. The number of ether oxygens (including phenoxy) is 1. The molecule has 2 atom stereocenters. The maximum atomic E-state index is 5.45. The van der Waals surface area contributed by atoms with E-state index in [1.54, 1.807) is 0 Å². The van der Waals surface area contributed by atoms with Crippen LogP contribution in [-0.4, -0.2) is 36.3 Å². The molecule has 2 rings (SSSR count). The summed E-state index contributed by atoms with van der Waals surface area (Å²) in [5.74, 6) is 0. The van der Waals surface area contributed by atoms with Crippen LogP contribution >= 0.6 is 11.8 Å². The lowest BCUT2D eigenvalue weighted by Crippen LogP contribution is -2.42. The van der Waals surface area contributed by atoms with E-state index in [-0.39, 0.29) is 0 Å². The molecule has 0 aromatic carbocycles. The van der Waals surface area contributed by atoms with E-state index in [2.05, 4.69) is 24.0 Å². The lowest BCUT2D eigenvalue weighted by atomic mass is 9.95. The van der Waals surface area contributed by atoms with Crippen molar-refractivity contribution in [3.63, 3.8) is 0 Å². The fraction of sp³-hybridized carbons (Fsp3) is 1.00. The first-order valence-electron chi connectivity index (χ1n) is 7.36. The van der Waals surface area contributed by atoms with Gasteiger partial charge in [0.05, 0.1) is 0 Å². The Hall–Kier alpha value is 0.270. The third kappa shape index (κ3) is 4.46. The minimum atomic E-state index is 0.775. The normalized spacial score (nSPS) is 31.6. The SMILES string of the molecule is CCCNC1CCCCC1SC1CCOCC1. The van der Waals surface area contributed by atoms with E-state index >= 15 is 0 Å². The average Bonchev–Trinajstić information content (AvgIpc) is 2.39. The quantitative estimate of drug-likeness (QED) is 0.817. The van der Waals surface area contributed by atoms with Crippen molar-refractivity contribution >= 4 is 11.8 Å². The molecule has 1 N–H and O–H groups in total. The molecule has 0 spiro atoms. The molecule has 2 nitrogen and oxygen atoms in total. The monoisotopic (exact) mass is 257 g/mol. The molecule has 0 aromatic rings. The van der Waals surface area contributed by atoms with Gasteiger partial charge >= 0.3 is 0 Å². The number of nitrogens with one attached hydrogen (secondary N) is 1. The summed E-state index contributed by atoms with van der Waals surface area (Å²) in [6, 6.07) is 0.775. The molecular formula is C14H27NOS. The minimum Gasteiger partial charge on any atom is -0.381 e. The van der Waals surface area contributed by atoms with Crippen molar-refractivity contribution in [3.8, 4) is 0 Å². The van der Waals surface area contributed by atoms with E-state index in [9.17, 15) is 0 Å². The highest BCUT2D eigenvalue weighted by Gasteiger charge is 2.28. The Balaban J connectivity index is 1.78. The van der Waals surface area contributed by atoms with Gasteiger partial charge < -0.3 is 10.1 Å². The van der Waals surface area contributed by atoms with E-state index in [4.69, 9.17) is 4.74 Å². The van der Waals surface area contributed by atoms with Gasteiger partial charge in [-0.05, 0) is 38.6 Å². The van der Waals surface area contributed by atoms with E-state index in [0.29, 0.717) is 0 Å². The molecule has 2 fully saturated rings. The van der Waals surface area contributed by atoms with Gasteiger partial charge in [0.1, 0.15) is 0 Å². The van der Waals surface area contributed by atoms with Crippen molar-refractivity contribution < 1.29 is 4.74 Å². The topological polar surface area (TPSA) is 21.3 Å². The largest absolute Gasteiger partial charge is 0.381 e. The Morgan fingerprint density at radius 1 is 1.12 bits per heavy atom. The van der Waals surface area contributed by atoms with Gasteiger partial charge in [0.15, 0.2) is 0 Å². The van der Waals surface area contributed by atoms with Crippen LogP contribution in [0.5, 0.6) is 0 Å². The summed E-state index contributed by atoms with van der Waals surface area (Å²) < 4.78 is 5.45. The van der Waals surface area contributed by atoms with Crippen LogP contribution in [0.3, 0.4) is 0 Å². The summed E-state index contributed by atoms with van der Waals surface area (Å²) in [4.78, 5) is 0. The van der Waals surface area contributed by atoms with Crippen LogP contribution in [-0.2, 0) is 4.74 Å². The van der Waals surface area contributed by atoms with E-state index in [0.717, 1.165) is 29.8 Å². The van der Waals surface area contributed by atoms with Gasteiger partial charge in [-0.2, -0.15) is 11.8 Å². The molecule has 1 aliphatic carbocycles. The number of hydrogen-bond acceptors (Lipinski definition) is 3. The first-order valence-corrected chi connectivity index (χ1v) is 8.31. The Bertz CT molecular complexity index is 206. The van der Waals surface area contributed by atoms with Gasteiger partial charge in [-0.15, -0.1) is 0 Å². The lowest BCUT2D eigenvalue weighted by molar-refractivity contribution is 0.0998. The summed E-state index contributed by atoms with van der Waals surface area (Å²) in [6.07, 6.45) is 9.45. The van der Waals surface area contributed by atoms with Gasteiger partial charge in [-0.25, -0.2) is 0 Å². The maximum absolute atomic E-state index is 5.45. The molecule has 1 saturated heterocycles. The Morgan fingerprint density at radius 2 is 1.88 bits per heavy atom. The van der Waals surface area contributed by atoms with Gasteiger partial charge in [0, 0.05) is 29.8 Å². The van der Waals surface area contributed by atoms with Gasteiger partial charge in [0.2, 0.25) is 0 Å². The van der Waals surface area contributed by atoms with Gasteiger partial charge in [0.25, 0.3) is 0 Å². The summed E-state index contributed by atoms with van der Waals surface area (Å²) in [5, 5.41) is 5.48. The number of rotatable bonds is 5. The Morgan fingerprint density at radius 3 is 2.65 bits per heavy atom. The van der Waals surface area contributed by atoms with Crippen LogP contribution in [0.1, 0.15) is 51.9 Å². The fourth-order valence-corrected chi connectivity index (χ4v) is 4.57. The third-order valence-electron chi connectivity index (χ3n) is 3.89. The van der Waals surface area contributed by atoms with Crippen molar-refractivity contribution in [2.75, 3.05) is 19.8 Å². The predicted molar refractivity (Wildman–Crippen MR) is 75.8 cm³/mol. The summed E-state index contributed by atoms with van der Waals surface area (Å²) in [7, 11) is 0. The number of thioether (sulfide) groups is 1. The minimum absolute atomic E-state index is 0.775. The molecule has 3 heteroatoms. The van der Waals surface area contributed by atoms with Crippen molar-refractivity contribution in [3.05, 3.63) is 0 Å². The van der Waals surface area contributed by atoms with Crippen molar-refractivity contribution in [2.24, 2.45) is 0 Å². The van der Waals surface area contributed by atoms with Crippen LogP contribution in [0, 0.1) is 0 Å². The molecule has 0 aromatic heterocycles. The molecule has 0 radical (unpaired) electrons. The van der Waals surface area contributed by atoms with Gasteiger partial charge in [-0.3, -0.25) is 0 Å². The lowest BCUT2D eigenvalue weighted by Gasteiger charge is -2.35. The standard InChI is InChI=1S/C14H27NOS/c1-2-9-15-13-5-3-4-6-14(13)17-12-7-10-16-11-8-12/h12-15H,2-11H2,1H3. The molecule has 1 aliphatic heterocycles. The highest BCUT2D eigenvalue weighted by molar-refractivity contribution is 8.00. The zero-order valence-corrected chi connectivity index (χ0v) is 11.9. The van der Waals surface area contributed by atoms with Crippen LogP contribution in [0.2, 0.25) is 0 Å². The summed E-state index contributed by atoms with van der Waals surface area (Å²) >= 11 is 2.26. The second-order valence-corrected chi connectivity index (χ2v) is 6.88. The highest BCUT2D eigenvalue weighted by atomic mass is 32.2. The molecule has 100 valence electrons. The Labute approximate surface area is 110 Å². The zero-order valence-electron chi connectivity index (χ0n) is 11.1. The summed E-state index contributed by atoms with van der Waals surface area (Å²) in [5.41, 5.74) is 0. The predicted octanol–water partition coefficient (Wildman–Crippen LogP) is 3.21. The maximum Gasteiger partial charge on any atom is 0.0476 e. The summed E-state index contributed by atoms with van der Waals surface area (Å²) in [6.45, 7) is 5.42. The van der Waals surface area contributed by atoms with Gasteiger partial charge in [-0.1, -0.05) is 19.8 Å². The van der Waals surface area contributed by atoms with E-state index in [1.165, 1.54) is 51.5 Å². The Kier molecular flexibility index (Phi) is 6.16. The molecule has 17 heavy (non-hydrogen) atoms. The van der Waals surface area contributed by atoms with E-state index < -0.39 is 0 Å². The molecule has 1 heterocycles. The zero-order chi connectivity index (χ0) is 11.9. The van der Waals surface area contributed by atoms with Crippen LogP contribution in [0.25, 0.3) is 0 Å². The molecule has 2 aliphatic rings. The second-order valence-electron chi connectivity index (χ2n) is 5.33. The first kappa shape index (κ1) is 13.7. The van der Waals surface area contributed by atoms with Crippen LogP contribution < -0.4 is 5.32 Å². The van der Waals surface area contributed by atoms with Crippen molar-refractivity contribution in [1.29, 1.82) is 0 Å². The molecule has 2 unspecified atom stereocenters. The molecule has 1 saturated carbocycles. The van der Waals surface area contributed by atoms with E-state index in [1.807, 2.05) is 0 Å². The van der Waals surface area contributed by atoms with Crippen molar-refractivity contribution in [1.82, 2.24) is 5.32 Å². The smallest absolute Gasteiger partial charge is 0.0476 e. The van der Waals surface area contributed by atoms with Crippen molar-refractivity contribution in [2.45, 2.75) is 68.4 Å². The molecule has 0 amide bonds. The third-order valence-corrected chi connectivity index (χ3v) is 5.66. The molecular weight excluding hydrogens is 230 g/mol. The fourth-order valence-electron chi connectivity index (χ4n) is 2.88.